The predicted octanol–water partition coefficient (Wildman–Crippen LogP) is 2.54. The summed E-state index contributed by atoms with van der Waals surface area (Å²) < 4.78 is 0. The molecule has 0 aromatic heterocycles. The molecule has 0 saturated carbocycles. The zero-order valence-electron chi connectivity index (χ0n) is 7.09. The molecule has 0 aliphatic carbocycles. The number of benzene rings is 1. The molecule has 0 aliphatic heterocycles. The van der Waals surface area contributed by atoms with E-state index in [1.165, 1.54) is 12.1 Å². The molecule has 0 spiro atoms. The van der Waals surface area contributed by atoms with Crippen molar-refractivity contribution in [3.8, 4) is 0 Å². The minimum atomic E-state index is -1.87. The highest BCUT2D eigenvalue weighted by Crippen LogP contribution is 2.30. The SMILES string of the molecule is CCC(O)(O)c1ccc(Cl)cc1Cl. The smallest absolute Gasteiger partial charge is 0.190 e. The fraction of sp³-hybridized carbons (Fsp3) is 0.333. The predicted molar refractivity (Wildman–Crippen MR) is 52.9 cm³/mol. The van der Waals surface area contributed by atoms with Gasteiger partial charge < -0.3 is 10.2 Å². The van der Waals surface area contributed by atoms with E-state index in [9.17, 15) is 10.2 Å². The maximum Gasteiger partial charge on any atom is 0.190 e. The molecule has 0 heterocycles. The minimum Gasteiger partial charge on any atom is -0.362 e. The summed E-state index contributed by atoms with van der Waals surface area (Å²) in [6.07, 6.45) is 0.175. The molecule has 2 N–H and O–H groups in total. The van der Waals surface area contributed by atoms with Crippen molar-refractivity contribution in [3.05, 3.63) is 33.8 Å². The van der Waals surface area contributed by atoms with E-state index in [1.807, 2.05) is 0 Å². The van der Waals surface area contributed by atoms with Crippen molar-refractivity contribution < 1.29 is 10.2 Å². The second-order valence-electron chi connectivity index (χ2n) is 2.79. The molecule has 0 radical (unpaired) electrons. The van der Waals surface area contributed by atoms with Gasteiger partial charge in [0.15, 0.2) is 5.79 Å². The van der Waals surface area contributed by atoms with Crippen molar-refractivity contribution in [1.29, 1.82) is 0 Å². The molecule has 1 rings (SSSR count). The van der Waals surface area contributed by atoms with E-state index in [0.29, 0.717) is 5.02 Å². The van der Waals surface area contributed by atoms with Gasteiger partial charge >= 0.3 is 0 Å². The highest BCUT2D eigenvalue weighted by Gasteiger charge is 2.25. The van der Waals surface area contributed by atoms with Gasteiger partial charge in [-0.3, -0.25) is 0 Å². The van der Waals surface area contributed by atoms with E-state index >= 15 is 0 Å². The van der Waals surface area contributed by atoms with E-state index < -0.39 is 5.79 Å². The van der Waals surface area contributed by atoms with Gasteiger partial charge in [0.25, 0.3) is 0 Å². The molecule has 4 heteroatoms. The van der Waals surface area contributed by atoms with Gasteiger partial charge in [0, 0.05) is 17.0 Å². The van der Waals surface area contributed by atoms with Crippen LogP contribution in [0.25, 0.3) is 0 Å². The van der Waals surface area contributed by atoms with Gasteiger partial charge in [-0.15, -0.1) is 0 Å². The molecule has 0 unspecified atom stereocenters. The number of hydrogen-bond donors (Lipinski definition) is 2. The molecule has 0 aliphatic rings. The van der Waals surface area contributed by atoms with Crippen molar-refractivity contribution in [2.24, 2.45) is 0 Å². The lowest BCUT2D eigenvalue weighted by Crippen LogP contribution is -2.23. The molecule has 72 valence electrons. The van der Waals surface area contributed by atoms with Crippen molar-refractivity contribution >= 4 is 23.2 Å². The molecule has 0 fully saturated rings. The van der Waals surface area contributed by atoms with Gasteiger partial charge in [0.2, 0.25) is 0 Å². The fourth-order valence-electron chi connectivity index (χ4n) is 1.00. The Hall–Kier alpha value is -0.280. The van der Waals surface area contributed by atoms with Gasteiger partial charge in [-0.25, -0.2) is 0 Å². The lowest BCUT2D eigenvalue weighted by molar-refractivity contribution is -0.171. The van der Waals surface area contributed by atoms with E-state index in [4.69, 9.17) is 23.2 Å². The first-order valence-electron chi connectivity index (χ1n) is 3.87. The van der Waals surface area contributed by atoms with Crippen LogP contribution in [0.5, 0.6) is 0 Å². The summed E-state index contributed by atoms with van der Waals surface area (Å²) in [7, 11) is 0. The Bertz CT molecular complexity index is 310. The van der Waals surface area contributed by atoms with Crippen molar-refractivity contribution in [2.75, 3.05) is 0 Å². The average Bonchev–Trinajstić information content (AvgIpc) is 2.03. The van der Waals surface area contributed by atoms with Gasteiger partial charge in [0.1, 0.15) is 0 Å². The Morgan fingerprint density at radius 3 is 2.38 bits per heavy atom. The van der Waals surface area contributed by atoms with Crippen molar-refractivity contribution in [1.82, 2.24) is 0 Å². The maximum atomic E-state index is 9.49. The summed E-state index contributed by atoms with van der Waals surface area (Å²) in [4.78, 5) is 0. The van der Waals surface area contributed by atoms with Crippen LogP contribution in [0.2, 0.25) is 10.0 Å². The van der Waals surface area contributed by atoms with Crippen molar-refractivity contribution in [2.45, 2.75) is 19.1 Å². The third kappa shape index (κ3) is 2.35. The maximum absolute atomic E-state index is 9.49. The summed E-state index contributed by atoms with van der Waals surface area (Å²) in [5.74, 6) is -1.87. The first kappa shape index (κ1) is 10.8. The summed E-state index contributed by atoms with van der Waals surface area (Å²) in [6.45, 7) is 1.66. The second-order valence-corrected chi connectivity index (χ2v) is 3.64. The number of rotatable bonds is 2. The Balaban J connectivity index is 3.16. The van der Waals surface area contributed by atoms with Gasteiger partial charge in [-0.05, 0) is 12.1 Å². The zero-order valence-corrected chi connectivity index (χ0v) is 8.60. The first-order valence-corrected chi connectivity index (χ1v) is 4.63. The van der Waals surface area contributed by atoms with E-state index in [2.05, 4.69) is 0 Å². The molecule has 0 bridgehead atoms. The number of halogens is 2. The number of hydrogen-bond acceptors (Lipinski definition) is 2. The van der Waals surface area contributed by atoms with Crippen LogP contribution in [0.3, 0.4) is 0 Å². The Labute approximate surface area is 86.7 Å². The van der Waals surface area contributed by atoms with Crippen LogP contribution in [0.15, 0.2) is 18.2 Å². The van der Waals surface area contributed by atoms with Crippen LogP contribution in [-0.4, -0.2) is 10.2 Å². The largest absolute Gasteiger partial charge is 0.362 e. The molecule has 1 aromatic carbocycles. The topological polar surface area (TPSA) is 40.5 Å². The van der Waals surface area contributed by atoms with Crippen LogP contribution < -0.4 is 0 Å². The van der Waals surface area contributed by atoms with Gasteiger partial charge in [0.05, 0.1) is 5.02 Å². The molecule has 1 aromatic rings. The highest BCUT2D eigenvalue weighted by molar-refractivity contribution is 6.35. The molecule has 0 saturated heterocycles. The molecular formula is C9H10Cl2O2. The van der Waals surface area contributed by atoms with Crippen LogP contribution in [-0.2, 0) is 5.79 Å². The third-order valence-electron chi connectivity index (χ3n) is 1.86. The molecule has 13 heavy (non-hydrogen) atoms. The van der Waals surface area contributed by atoms with Crippen LogP contribution >= 0.6 is 23.2 Å². The van der Waals surface area contributed by atoms with Gasteiger partial charge in [-0.2, -0.15) is 0 Å². The highest BCUT2D eigenvalue weighted by atomic mass is 35.5. The zero-order chi connectivity index (χ0) is 10.1. The monoisotopic (exact) mass is 220 g/mol. The molecule has 0 amide bonds. The standard InChI is InChI=1S/C9H10Cl2O2/c1-2-9(12,13)7-4-3-6(10)5-8(7)11/h3-5,12-13H,2H2,1H3. The summed E-state index contributed by atoms with van der Waals surface area (Å²) in [5, 5.41) is 19.7. The van der Waals surface area contributed by atoms with E-state index in [1.54, 1.807) is 13.0 Å². The Morgan fingerprint density at radius 2 is 1.92 bits per heavy atom. The lowest BCUT2D eigenvalue weighted by Gasteiger charge is -2.21. The second kappa shape index (κ2) is 3.84. The normalized spacial score (nSPS) is 11.8. The fourth-order valence-corrected chi connectivity index (χ4v) is 1.56. The summed E-state index contributed by atoms with van der Waals surface area (Å²) >= 11 is 11.5. The quantitative estimate of drug-likeness (QED) is 0.753. The van der Waals surface area contributed by atoms with E-state index in [-0.39, 0.29) is 17.0 Å². The molecule has 2 nitrogen and oxygen atoms in total. The third-order valence-corrected chi connectivity index (χ3v) is 2.40. The average molecular weight is 221 g/mol. The summed E-state index contributed by atoms with van der Waals surface area (Å²) in [6, 6.07) is 4.56. The van der Waals surface area contributed by atoms with Crippen LogP contribution in [0.4, 0.5) is 0 Å². The van der Waals surface area contributed by atoms with Crippen molar-refractivity contribution in [3.63, 3.8) is 0 Å². The minimum absolute atomic E-state index is 0.175. The van der Waals surface area contributed by atoms with Crippen LogP contribution in [0, 0.1) is 0 Å². The Kier molecular flexibility index (Phi) is 3.19. The van der Waals surface area contributed by atoms with Gasteiger partial charge in [-0.1, -0.05) is 36.2 Å². The molecular weight excluding hydrogens is 211 g/mol. The first-order chi connectivity index (χ1) is 5.97. The van der Waals surface area contributed by atoms with E-state index in [0.717, 1.165) is 0 Å². The van der Waals surface area contributed by atoms with Crippen LogP contribution in [0.1, 0.15) is 18.9 Å². The number of aliphatic hydroxyl groups is 2. The lowest BCUT2D eigenvalue weighted by atomic mass is 10.0. The summed E-state index contributed by atoms with van der Waals surface area (Å²) in [5.41, 5.74) is 0.279. The Morgan fingerprint density at radius 1 is 1.31 bits per heavy atom. The molecule has 0 atom stereocenters.